The topological polar surface area (TPSA) is 27.7 Å². The minimum Gasteiger partial charge on any atom is -0.384 e. The van der Waals surface area contributed by atoms with E-state index in [0.717, 1.165) is 12.8 Å². The number of hydrogen-bond acceptors (Lipinski definition) is 3. The Bertz CT molecular complexity index is 191. The zero-order chi connectivity index (χ0) is 12.2. The van der Waals surface area contributed by atoms with Gasteiger partial charge in [-0.15, -0.1) is 0 Å². The number of hydrogen-bond donors (Lipinski definition) is 0. The summed E-state index contributed by atoms with van der Waals surface area (Å²) in [5, 5.41) is 0. The van der Waals surface area contributed by atoms with Crippen LogP contribution in [-0.2, 0) is 14.2 Å². The van der Waals surface area contributed by atoms with Crippen molar-refractivity contribution in [2.75, 3.05) is 27.9 Å². The van der Waals surface area contributed by atoms with Gasteiger partial charge >= 0.3 is 0 Å². The maximum Gasteiger partial charge on any atom is 0.0677 e. The van der Waals surface area contributed by atoms with Gasteiger partial charge in [0.25, 0.3) is 0 Å². The van der Waals surface area contributed by atoms with E-state index in [-0.39, 0.29) is 17.6 Å². The summed E-state index contributed by atoms with van der Waals surface area (Å²) in [4.78, 5) is 0. The summed E-state index contributed by atoms with van der Waals surface area (Å²) in [7, 11) is 5.36. The molecule has 0 radical (unpaired) electrons. The zero-order valence-electron chi connectivity index (χ0n) is 11.3. The summed E-state index contributed by atoms with van der Waals surface area (Å²) in [6.45, 7) is 5.19. The van der Waals surface area contributed by atoms with Crippen molar-refractivity contribution in [3.8, 4) is 0 Å². The largest absolute Gasteiger partial charge is 0.384 e. The molecule has 0 amide bonds. The summed E-state index contributed by atoms with van der Waals surface area (Å²) >= 11 is 0. The predicted octanol–water partition coefficient (Wildman–Crippen LogP) is 2.49. The number of rotatable bonds is 5. The second-order valence-electron chi connectivity index (χ2n) is 5.08. The van der Waals surface area contributed by atoms with E-state index in [9.17, 15) is 0 Å². The van der Waals surface area contributed by atoms with Gasteiger partial charge in [-0.3, -0.25) is 0 Å². The van der Waals surface area contributed by atoms with Gasteiger partial charge in [-0.25, -0.2) is 0 Å². The molecule has 1 fully saturated rings. The van der Waals surface area contributed by atoms with E-state index in [2.05, 4.69) is 13.8 Å². The Kier molecular flexibility index (Phi) is 5.22. The van der Waals surface area contributed by atoms with E-state index in [0.29, 0.717) is 12.5 Å². The lowest BCUT2D eigenvalue weighted by molar-refractivity contribution is -0.176. The molecule has 16 heavy (non-hydrogen) atoms. The van der Waals surface area contributed by atoms with Crippen LogP contribution in [0.1, 0.15) is 33.1 Å². The smallest absolute Gasteiger partial charge is 0.0677 e. The van der Waals surface area contributed by atoms with Gasteiger partial charge < -0.3 is 14.2 Å². The maximum absolute atomic E-state index is 5.69. The number of ether oxygens (including phenoxy) is 3. The molecular formula is C13H26O3. The van der Waals surface area contributed by atoms with E-state index >= 15 is 0 Å². The Morgan fingerprint density at radius 2 is 1.56 bits per heavy atom. The van der Waals surface area contributed by atoms with Crippen LogP contribution < -0.4 is 0 Å². The Hall–Kier alpha value is -0.120. The van der Waals surface area contributed by atoms with E-state index in [4.69, 9.17) is 14.2 Å². The highest BCUT2D eigenvalue weighted by molar-refractivity contribution is 4.99. The highest BCUT2D eigenvalue weighted by Gasteiger charge is 2.50. The molecule has 0 aliphatic heterocycles. The van der Waals surface area contributed by atoms with Crippen LogP contribution in [0.2, 0.25) is 0 Å². The molecule has 0 aromatic carbocycles. The number of methoxy groups -OCH3 is 3. The van der Waals surface area contributed by atoms with Crippen molar-refractivity contribution < 1.29 is 14.2 Å². The molecule has 0 N–H and O–H groups in total. The Balaban J connectivity index is 3.00. The lowest BCUT2D eigenvalue weighted by Crippen LogP contribution is -2.56. The van der Waals surface area contributed by atoms with Gasteiger partial charge in [-0.1, -0.05) is 13.8 Å². The van der Waals surface area contributed by atoms with Crippen molar-refractivity contribution >= 4 is 0 Å². The Morgan fingerprint density at radius 1 is 1.06 bits per heavy atom. The molecule has 1 aliphatic carbocycles. The monoisotopic (exact) mass is 230 g/mol. The molecule has 1 saturated carbocycles. The van der Waals surface area contributed by atoms with Crippen LogP contribution in [0.25, 0.3) is 0 Å². The van der Waals surface area contributed by atoms with Crippen LogP contribution in [0.3, 0.4) is 0 Å². The molecular weight excluding hydrogens is 204 g/mol. The minimum atomic E-state index is -0.00347. The normalized spacial score (nSPS) is 35.6. The molecule has 2 unspecified atom stereocenters. The first-order valence-corrected chi connectivity index (χ1v) is 6.18. The first kappa shape index (κ1) is 13.9. The fraction of sp³-hybridized carbons (Fsp3) is 1.00. The third kappa shape index (κ3) is 2.27. The van der Waals surface area contributed by atoms with Gasteiger partial charge in [0.05, 0.1) is 18.8 Å². The fourth-order valence-corrected chi connectivity index (χ4v) is 3.25. The molecule has 3 heteroatoms. The molecule has 3 nitrogen and oxygen atoms in total. The molecule has 1 aliphatic rings. The molecule has 0 saturated heterocycles. The highest BCUT2D eigenvalue weighted by atomic mass is 16.5. The van der Waals surface area contributed by atoms with Crippen LogP contribution in [0, 0.1) is 11.3 Å². The van der Waals surface area contributed by atoms with Crippen molar-refractivity contribution in [1.82, 2.24) is 0 Å². The van der Waals surface area contributed by atoms with Gasteiger partial charge in [0, 0.05) is 26.7 Å². The third-order valence-corrected chi connectivity index (χ3v) is 4.17. The molecule has 0 heterocycles. The summed E-state index contributed by atoms with van der Waals surface area (Å²) < 4.78 is 16.8. The second kappa shape index (κ2) is 5.99. The quantitative estimate of drug-likeness (QED) is 0.726. The summed E-state index contributed by atoms with van der Waals surface area (Å²) in [6.07, 6.45) is 3.88. The standard InChI is InChI=1S/C13H26O3/c1-10(2)13(9-14-3)11(15-4)7-6-8-12(13)16-5/h10-12H,6-9H2,1-5H3. The van der Waals surface area contributed by atoms with Crippen molar-refractivity contribution in [1.29, 1.82) is 0 Å². The zero-order valence-corrected chi connectivity index (χ0v) is 11.3. The maximum atomic E-state index is 5.69. The average molecular weight is 230 g/mol. The van der Waals surface area contributed by atoms with E-state index in [1.165, 1.54) is 6.42 Å². The summed E-state index contributed by atoms with van der Waals surface area (Å²) in [6, 6.07) is 0. The lowest BCUT2D eigenvalue weighted by atomic mass is 9.63. The van der Waals surface area contributed by atoms with Crippen molar-refractivity contribution in [2.24, 2.45) is 11.3 Å². The van der Waals surface area contributed by atoms with Crippen molar-refractivity contribution in [3.63, 3.8) is 0 Å². The second-order valence-corrected chi connectivity index (χ2v) is 5.08. The van der Waals surface area contributed by atoms with Crippen LogP contribution in [0.15, 0.2) is 0 Å². The predicted molar refractivity (Wildman–Crippen MR) is 64.6 cm³/mol. The lowest BCUT2D eigenvalue weighted by Gasteiger charge is -2.50. The first-order chi connectivity index (χ1) is 7.63. The molecule has 96 valence electrons. The first-order valence-electron chi connectivity index (χ1n) is 6.18. The van der Waals surface area contributed by atoms with Crippen molar-refractivity contribution in [2.45, 2.75) is 45.3 Å². The van der Waals surface area contributed by atoms with Crippen LogP contribution in [0.4, 0.5) is 0 Å². The van der Waals surface area contributed by atoms with Crippen LogP contribution in [0.5, 0.6) is 0 Å². The van der Waals surface area contributed by atoms with Gasteiger partial charge in [-0.2, -0.15) is 0 Å². The van der Waals surface area contributed by atoms with Crippen molar-refractivity contribution in [3.05, 3.63) is 0 Å². The average Bonchev–Trinajstić information content (AvgIpc) is 2.29. The van der Waals surface area contributed by atoms with Crippen LogP contribution in [-0.4, -0.2) is 40.1 Å². The Labute approximate surface area is 99.5 Å². The molecule has 1 rings (SSSR count). The Morgan fingerprint density at radius 3 is 1.88 bits per heavy atom. The summed E-state index contributed by atoms with van der Waals surface area (Å²) in [5.41, 5.74) is -0.00347. The molecule has 0 spiro atoms. The molecule has 0 aromatic rings. The molecule has 0 aromatic heterocycles. The van der Waals surface area contributed by atoms with Crippen LogP contribution >= 0.6 is 0 Å². The van der Waals surface area contributed by atoms with Gasteiger partial charge in [0.2, 0.25) is 0 Å². The molecule has 2 atom stereocenters. The third-order valence-electron chi connectivity index (χ3n) is 4.17. The fourth-order valence-electron chi connectivity index (χ4n) is 3.25. The van der Waals surface area contributed by atoms with E-state index < -0.39 is 0 Å². The van der Waals surface area contributed by atoms with Gasteiger partial charge in [-0.05, 0) is 25.2 Å². The molecule has 0 bridgehead atoms. The SMILES string of the molecule is COCC1(C(C)C)C(OC)CCCC1OC. The van der Waals surface area contributed by atoms with E-state index in [1.54, 1.807) is 21.3 Å². The van der Waals surface area contributed by atoms with E-state index in [1.807, 2.05) is 0 Å². The van der Waals surface area contributed by atoms with Gasteiger partial charge in [0.1, 0.15) is 0 Å². The minimum absolute atomic E-state index is 0.00347. The highest BCUT2D eigenvalue weighted by Crippen LogP contribution is 2.45. The summed E-state index contributed by atoms with van der Waals surface area (Å²) in [5.74, 6) is 0.489. The van der Waals surface area contributed by atoms with Gasteiger partial charge in [0.15, 0.2) is 0 Å².